The zero-order valence-corrected chi connectivity index (χ0v) is 18.8. The van der Waals surface area contributed by atoms with Crippen LogP contribution in [0.3, 0.4) is 0 Å². The molecule has 9 heteroatoms. The molecule has 30 heavy (non-hydrogen) atoms. The van der Waals surface area contributed by atoms with E-state index in [9.17, 15) is 9.59 Å². The molecule has 0 atom stereocenters. The van der Waals surface area contributed by atoms with Gasteiger partial charge in [-0.2, -0.15) is 0 Å². The molecular weight excluding hydrogens is 418 g/mol. The van der Waals surface area contributed by atoms with E-state index in [1.54, 1.807) is 11.3 Å². The van der Waals surface area contributed by atoms with Gasteiger partial charge in [0.05, 0.1) is 11.7 Å². The molecule has 1 aliphatic heterocycles. The topological polar surface area (TPSA) is 70.5 Å². The molecule has 4 heterocycles. The van der Waals surface area contributed by atoms with Crippen molar-refractivity contribution in [2.24, 2.45) is 0 Å². The lowest BCUT2D eigenvalue weighted by atomic mass is 10.2. The van der Waals surface area contributed by atoms with E-state index >= 15 is 0 Å². The van der Waals surface area contributed by atoms with Crippen molar-refractivity contribution in [2.75, 3.05) is 45.8 Å². The summed E-state index contributed by atoms with van der Waals surface area (Å²) in [6.45, 7) is 9.35. The third-order valence-electron chi connectivity index (χ3n) is 5.55. The van der Waals surface area contributed by atoms with Gasteiger partial charge in [0.2, 0.25) is 5.91 Å². The van der Waals surface area contributed by atoms with Crippen LogP contribution in [0.4, 0.5) is 0 Å². The number of aromatic nitrogens is 2. The maximum atomic E-state index is 13.0. The van der Waals surface area contributed by atoms with Crippen LogP contribution in [0, 0.1) is 0 Å². The summed E-state index contributed by atoms with van der Waals surface area (Å²) in [6, 6.07) is 3.97. The summed E-state index contributed by atoms with van der Waals surface area (Å²) in [7, 11) is 0. The fourth-order valence-electron chi connectivity index (χ4n) is 3.76. The molecule has 160 valence electrons. The standard InChI is InChI=1S/C21H27N5O2S2/c1-2-24-8-10-25(11-9-24)7-4-6-22-18(27)13-26-15-23-20-19(21(26)28)16(14-30-20)17-5-3-12-29-17/h3,5,12,14-15H,2,4,6-11,13H2,1H3,(H,22,27). The fourth-order valence-corrected chi connectivity index (χ4v) is 5.48. The molecule has 7 nitrogen and oxygen atoms in total. The van der Waals surface area contributed by atoms with Crippen molar-refractivity contribution >= 4 is 38.8 Å². The minimum absolute atomic E-state index is 0.00330. The van der Waals surface area contributed by atoms with Crippen LogP contribution < -0.4 is 10.9 Å². The molecule has 3 aromatic heterocycles. The van der Waals surface area contributed by atoms with Crippen LogP contribution in [-0.2, 0) is 11.3 Å². The van der Waals surface area contributed by atoms with E-state index in [2.05, 4.69) is 27.0 Å². The average Bonchev–Trinajstić information content (AvgIpc) is 3.43. The molecule has 3 aromatic rings. The smallest absolute Gasteiger partial charge is 0.263 e. The number of carbonyl (C=O) groups is 1. The van der Waals surface area contributed by atoms with E-state index in [0.29, 0.717) is 16.8 Å². The number of amides is 1. The van der Waals surface area contributed by atoms with Crippen molar-refractivity contribution in [2.45, 2.75) is 19.9 Å². The Morgan fingerprint density at radius 2 is 2.00 bits per heavy atom. The summed E-state index contributed by atoms with van der Waals surface area (Å²) in [5.41, 5.74) is 0.744. The highest BCUT2D eigenvalue weighted by atomic mass is 32.1. The van der Waals surface area contributed by atoms with E-state index in [-0.39, 0.29) is 18.0 Å². The first-order chi connectivity index (χ1) is 14.7. The first-order valence-electron chi connectivity index (χ1n) is 10.4. The van der Waals surface area contributed by atoms with Gasteiger partial charge in [-0.25, -0.2) is 4.98 Å². The van der Waals surface area contributed by atoms with Crippen LogP contribution >= 0.6 is 22.7 Å². The average molecular weight is 446 g/mol. The van der Waals surface area contributed by atoms with Crippen molar-refractivity contribution in [3.05, 3.63) is 39.6 Å². The minimum Gasteiger partial charge on any atom is -0.354 e. The first-order valence-corrected chi connectivity index (χ1v) is 12.1. The zero-order chi connectivity index (χ0) is 20.9. The minimum atomic E-state index is -0.159. The second-order valence-electron chi connectivity index (χ2n) is 7.46. The third-order valence-corrected chi connectivity index (χ3v) is 7.34. The normalized spacial score (nSPS) is 15.6. The molecule has 0 bridgehead atoms. The van der Waals surface area contributed by atoms with Crippen molar-refractivity contribution in [3.63, 3.8) is 0 Å². The number of hydrogen-bond acceptors (Lipinski definition) is 7. The van der Waals surface area contributed by atoms with Gasteiger partial charge in [0, 0.05) is 48.5 Å². The van der Waals surface area contributed by atoms with Gasteiger partial charge in [0.15, 0.2) is 0 Å². The zero-order valence-electron chi connectivity index (χ0n) is 17.2. The molecule has 1 N–H and O–H groups in total. The highest BCUT2D eigenvalue weighted by Crippen LogP contribution is 2.33. The summed E-state index contributed by atoms with van der Waals surface area (Å²) >= 11 is 3.06. The number of rotatable bonds is 8. The van der Waals surface area contributed by atoms with Crippen LogP contribution in [0.25, 0.3) is 20.7 Å². The van der Waals surface area contributed by atoms with Crippen LogP contribution in [0.5, 0.6) is 0 Å². The highest BCUT2D eigenvalue weighted by molar-refractivity contribution is 7.18. The monoisotopic (exact) mass is 445 g/mol. The molecule has 0 aliphatic carbocycles. The van der Waals surface area contributed by atoms with Gasteiger partial charge in [-0.15, -0.1) is 22.7 Å². The quantitative estimate of drug-likeness (QED) is 0.539. The third kappa shape index (κ3) is 4.80. The summed E-state index contributed by atoms with van der Waals surface area (Å²) in [6.07, 6.45) is 2.39. The molecule has 0 radical (unpaired) electrons. The molecule has 1 fully saturated rings. The van der Waals surface area contributed by atoms with E-state index < -0.39 is 0 Å². The largest absolute Gasteiger partial charge is 0.354 e. The molecule has 1 amide bonds. The number of carbonyl (C=O) groups excluding carboxylic acids is 1. The molecule has 0 spiro atoms. The Bertz CT molecular complexity index is 1040. The number of nitrogens with one attached hydrogen (secondary N) is 1. The Balaban J connectivity index is 1.31. The van der Waals surface area contributed by atoms with Crippen LogP contribution in [0.2, 0.25) is 0 Å². The van der Waals surface area contributed by atoms with Gasteiger partial charge in [0.25, 0.3) is 5.56 Å². The van der Waals surface area contributed by atoms with Gasteiger partial charge < -0.3 is 15.1 Å². The van der Waals surface area contributed by atoms with Gasteiger partial charge in [-0.1, -0.05) is 13.0 Å². The first kappa shape index (κ1) is 21.2. The maximum absolute atomic E-state index is 13.0. The summed E-state index contributed by atoms with van der Waals surface area (Å²) in [5, 5.41) is 7.50. The fraction of sp³-hybridized carbons (Fsp3) is 0.476. The molecular formula is C21H27N5O2S2. The van der Waals surface area contributed by atoms with Crippen molar-refractivity contribution in [1.82, 2.24) is 24.7 Å². The van der Waals surface area contributed by atoms with Gasteiger partial charge in [-0.05, 0) is 31.0 Å². The lowest BCUT2D eigenvalue weighted by Crippen LogP contribution is -2.46. The van der Waals surface area contributed by atoms with Crippen molar-refractivity contribution < 1.29 is 4.79 Å². The van der Waals surface area contributed by atoms with Gasteiger partial charge in [-0.3, -0.25) is 14.2 Å². The van der Waals surface area contributed by atoms with E-state index in [1.165, 1.54) is 22.2 Å². The Morgan fingerprint density at radius 1 is 1.20 bits per heavy atom. The molecule has 4 rings (SSSR count). The number of thiophene rings is 2. The molecule has 1 aliphatic rings. The Labute approximate surface area is 184 Å². The predicted molar refractivity (Wildman–Crippen MR) is 123 cm³/mol. The summed E-state index contributed by atoms with van der Waals surface area (Å²) < 4.78 is 1.41. The van der Waals surface area contributed by atoms with E-state index in [0.717, 1.165) is 56.1 Å². The molecule has 0 saturated carbocycles. The Kier molecular flexibility index (Phi) is 6.93. The number of piperazine rings is 1. The van der Waals surface area contributed by atoms with Crippen molar-refractivity contribution in [1.29, 1.82) is 0 Å². The lowest BCUT2D eigenvalue weighted by Gasteiger charge is -2.33. The Morgan fingerprint density at radius 3 is 2.73 bits per heavy atom. The van der Waals surface area contributed by atoms with Crippen LogP contribution in [0.1, 0.15) is 13.3 Å². The van der Waals surface area contributed by atoms with Crippen molar-refractivity contribution in [3.8, 4) is 10.4 Å². The summed E-state index contributed by atoms with van der Waals surface area (Å²) in [4.78, 5) is 36.4. The molecule has 0 aromatic carbocycles. The Hall–Kier alpha value is -2.07. The van der Waals surface area contributed by atoms with Gasteiger partial charge >= 0.3 is 0 Å². The van der Waals surface area contributed by atoms with Crippen LogP contribution in [-0.4, -0.2) is 71.1 Å². The van der Waals surface area contributed by atoms with Crippen LogP contribution in [0.15, 0.2) is 34.0 Å². The number of fused-ring (bicyclic) bond motifs is 1. The SMILES string of the molecule is CCN1CCN(CCCNC(=O)Cn2cnc3scc(-c4cccs4)c3c2=O)CC1. The lowest BCUT2D eigenvalue weighted by molar-refractivity contribution is -0.121. The highest BCUT2D eigenvalue weighted by Gasteiger charge is 2.16. The van der Waals surface area contributed by atoms with Gasteiger partial charge in [0.1, 0.15) is 11.4 Å². The van der Waals surface area contributed by atoms with E-state index in [1.807, 2.05) is 22.9 Å². The van der Waals surface area contributed by atoms with E-state index in [4.69, 9.17) is 0 Å². The number of nitrogens with zero attached hydrogens (tertiary/aromatic N) is 4. The maximum Gasteiger partial charge on any atom is 0.263 e. The second kappa shape index (κ2) is 9.82. The summed E-state index contributed by atoms with van der Waals surface area (Å²) in [5.74, 6) is -0.151. The molecule has 0 unspecified atom stereocenters. The predicted octanol–water partition coefficient (Wildman–Crippen LogP) is 2.33. The number of hydrogen-bond donors (Lipinski definition) is 1. The molecule has 1 saturated heterocycles. The number of likely N-dealkylation sites (N-methyl/N-ethyl adjacent to an activating group) is 1. The second-order valence-corrected chi connectivity index (χ2v) is 9.27.